The van der Waals surface area contributed by atoms with Gasteiger partial charge in [-0.15, -0.1) is 0 Å². The zero-order valence-corrected chi connectivity index (χ0v) is 21.9. The van der Waals surface area contributed by atoms with Gasteiger partial charge in [0, 0.05) is 23.0 Å². The quantitative estimate of drug-likeness (QED) is 0.386. The smallest absolute Gasteiger partial charge is 0.274 e. The highest BCUT2D eigenvalue weighted by Crippen LogP contribution is 2.28. The molecule has 0 saturated heterocycles. The fourth-order valence-electron chi connectivity index (χ4n) is 4.28. The molecule has 1 aromatic carbocycles. The SMILES string of the molecule is CSCc1cc(C(=O)Nc2c(C)cc(Cl)cc2C(=O)NC2CCCCC2)n(-c2ncccc2Cl)n1. The van der Waals surface area contributed by atoms with Gasteiger partial charge >= 0.3 is 0 Å². The van der Waals surface area contributed by atoms with E-state index in [1.54, 1.807) is 48.3 Å². The molecule has 2 amide bonds. The van der Waals surface area contributed by atoms with E-state index < -0.39 is 5.91 Å². The summed E-state index contributed by atoms with van der Waals surface area (Å²) in [5.41, 5.74) is 2.42. The highest BCUT2D eigenvalue weighted by Gasteiger charge is 2.24. The van der Waals surface area contributed by atoms with Crippen LogP contribution < -0.4 is 10.6 Å². The Morgan fingerprint density at radius 1 is 1.14 bits per heavy atom. The van der Waals surface area contributed by atoms with Crippen LogP contribution in [0.15, 0.2) is 36.5 Å². The van der Waals surface area contributed by atoms with E-state index in [1.165, 1.54) is 11.1 Å². The zero-order valence-electron chi connectivity index (χ0n) is 19.6. The number of carbonyl (C=O) groups is 2. The molecule has 10 heteroatoms. The second-order valence-electron chi connectivity index (χ2n) is 8.58. The maximum Gasteiger partial charge on any atom is 0.274 e. The molecule has 0 spiro atoms. The summed E-state index contributed by atoms with van der Waals surface area (Å²) in [6, 6.07) is 8.56. The molecule has 7 nitrogen and oxygen atoms in total. The highest BCUT2D eigenvalue weighted by atomic mass is 35.5. The summed E-state index contributed by atoms with van der Waals surface area (Å²) >= 11 is 14.2. The molecule has 35 heavy (non-hydrogen) atoms. The van der Waals surface area contributed by atoms with Crippen LogP contribution in [0, 0.1) is 6.92 Å². The lowest BCUT2D eigenvalue weighted by atomic mass is 9.95. The number of benzene rings is 1. The van der Waals surface area contributed by atoms with E-state index in [0.717, 1.165) is 25.7 Å². The molecule has 0 unspecified atom stereocenters. The summed E-state index contributed by atoms with van der Waals surface area (Å²) in [5.74, 6) is 0.299. The van der Waals surface area contributed by atoms with Gasteiger partial charge in [0.1, 0.15) is 5.69 Å². The molecular formula is C25H27Cl2N5O2S. The zero-order chi connectivity index (χ0) is 24.9. The summed E-state index contributed by atoms with van der Waals surface area (Å²) in [6.45, 7) is 1.81. The maximum atomic E-state index is 13.5. The number of halogens is 2. The van der Waals surface area contributed by atoms with Crippen LogP contribution in [-0.4, -0.2) is 38.9 Å². The van der Waals surface area contributed by atoms with Crippen LogP contribution in [0.1, 0.15) is 64.2 Å². The Hall–Kier alpha value is -2.55. The maximum absolute atomic E-state index is 13.5. The topological polar surface area (TPSA) is 88.9 Å². The monoisotopic (exact) mass is 531 g/mol. The van der Waals surface area contributed by atoms with Crippen LogP contribution in [0.5, 0.6) is 0 Å². The Morgan fingerprint density at radius 3 is 2.63 bits per heavy atom. The van der Waals surface area contributed by atoms with E-state index in [0.29, 0.717) is 44.1 Å². The standard InChI is InChI=1S/C25H27Cl2N5O2S/c1-15-11-16(26)12-19(24(33)29-17-7-4-3-5-8-17)22(15)30-25(34)21-13-18(14-35-2)31-32(21)23-20(27)9-6-10-28-23/h6,9-13,17H,3-5,7-8,14H2,1-2H3,(H,29,33)(H,30,34). The number of nitrogens with zero attached hydrogens (tertiary/aromatic N) is 3. The molecule has 1 fully saturated rings. The molecule has 1 aliphatic carbocycles. The molecule has 0 radical (unpaired) electrons. The molecule has 2 aromatic heterocycles. The number of carbonyl (C=O) groups excluding carboxylic acids is 2. The molecule has 184 valence electrons. The Kier molecular flexibility index (Phi) is 8.36. The van der Waals surface area contributed by atoms with Gasteiger partial charge in [-0.3, -0.25) is 9.59 Å². The molecule has 4 rings (SSSR count). The van der Waals surface area contributed by atoms with Gasteiger partial charge in [0.05, 0.1) is 22.0 Å². The van der Waals surface area contributed by atoms with Gasteiger partial charge in [0.2, 0.25) is 0 Å². The number of hydrogen-bond donors (Lipinski definition) is 2. The number of thioether (sulfide) groups is 1. The average molecular weight is 532 g/mol. The second kappa shape index (κ2) is 11.5. The van der Waals surface area contributed by atoms with Crippen LogP contribution in [0.25, 0.3) is 5.82 Å². The van der Waals surface area contributed by atoms with E-state index in [9.17, 15) is 9.59 Å². The van der Waals surface area contributed by atoms with E-state index in [-0.39, 0.29) is 17.6 Å². The number of anilines is 1. The fourth-order valence-corrected chi connectivity index (χ4v) is 5.19. The molecule has 3 aromatic rings. The third-order valence-corrected chi connectivity index (χ3v) is 7.05. The fraction of sp³-hybridized carbons (Fsp3) is 0.360. The Labute approximate surface area is 219 Å². The van der Waals surface area contributed by atoms with Crippen molar-refractivity contribution in [1.82, 2.24) is 20.1 Å². The number of aromatic nitrogens is 3. The van der Waals surface area contributed by atoms with Crippen molar-refractivity contribution in [3.8, 4) is 5.82 Å². The number of aryl methyl sites for hydroxylation is 1. The Balaban J connectivity index is 1.67. The van der Waals surface area contributed by atoms with Crippen LogP contribution in [0.4, 0.5) is 5.69 Å². The van der Waals surface area contributed by atoms with Crippen LogP contribution >= 0.6 is 35.0 Å². The number of nitrogens with one attached hydrogen (secondary N) is 2. The van der Waals surface area contributed by atoms with E-state index in [1.807, 2.05) is 13.2 Å². The highest BCUT2D eigenvalue weighted by molar-refractivity contribution is 7.97. The molecule has 1 saturated carbocycles. The largest absolute Gasteiger partial charge is 0.349 e. The van der Waals surface area contributed by atoms with Crippen molar-refractivity contribution in [2.45, 2.75) is 50.8 Å². The first-order chi connectivity index (χ1) is 16.9. The number of rotatable bonds is 7. The lowest BCUT2D eigenvalue weighted by Crippen LogP contribution is -2.36. The Bertz CT molecular complexity index is 1240. The lowest BCUT2D eigenvalue weighted by Gasteiger charge is -2.24. The minimum absolute atomic E-state index is 0.126. The van der Waals surface area contributed by atoms with Crippen LogP contribution in [-0.2, 0) is 5.75 Å². The van der Waals surface area contributed by atoms with Gasteiger partial charge in [-0.25, -0.2) is 9.67 Å². The minimum Gasteiger partial charge on any atom is -0.349 e. The van der Waals surface area contributed by atoms with Gasteiger partial charge in [0.25, 0.3) is 11.8 Å². The first kappa shape index (κ1) is 25.5. The summed E-state index contributed by atoms with van der Waals surface area (Å²) < 4.78 is 1.44. The number of pyridine rings is 1. The van der Waals surface area contributed by atoms with Crippen molar-refractivity contribution in [1.29, 1.82) is 0 Å². The molecule has 0 aliphatic heterocycles. The van der Waals surface area contributed by atoms with Gasteiger partial charge in [-0.2, -0.15) is 16.9 Å². The normalized spacial score (nSPS) is 14.1. The Morgan fingerprint density at radius 2 is 1.91 bits per heavy atom. The third-order valence-electron chi connectivity index (χ3n) is 5.95. The summed E-state index contributed by atoms with van der Waals surface area (Å²) in [7, 11) is 0. The van der Waals surface area contributed by atoms with Gasteiger partial charge in [0.15, 0.2) is 5.82 Å². The minimum atomic E-state index is -0.427. The molecular weight excluding hydrogens is 505 g/mol. The number of hydrogen-bond acceptors (Lipinski definition) is 5. The molecule has 0 bridgehead atoms. The molecule has 0 atom stereocenters. The van der Waals surface area contributed by atoms with Crippen molar-refractivity contribution in [2.24, 2.45) is 0 Å². The average Bonchev–Trinajstić information content (AvgIpc) is 3.25. The summed E-state index contributed by atoms with van der Waals surface area (Å²) in [6.07, 6.45) is 8.85. The second-order valence-corrected chi connectivity index (χ2v) is 10.3. The van der Waals surface area contributed by atoms with Crippen LogP contribution in [0.3, 0.4) is 0 Å². The summed E-state index contributed by atoms with van der Waals surface area (Å²) in [4.78, 5) is 31.0. The predicted octanol–water partition coefficient (Wildman–Crippen LogP) is 6.06. The lowest BCUT2D eigenvalue weighted by molar-refractivity contribution is 0.0928. The van der Waals surface area contributed by atoms with Crippen molar-refractivity contribution in [2.75, 3.05) is 11.6 Å². The molecule has 2 N–H and O–H groups in total. The van der Waals surface area contributed by atoms with E-state index >= 15 is 0 Å². The van der Waals surface area contributed by atoms with Crippen LogP contribution in [0.2, 0.25) is 10.0 Å². The third kappa shape index (κ3) is 6.00. The summed E-state index contributed by atoms with van der Waals surface area (Å²) in [5, 5.41) is 11.4. The van der Waals surface area contributed by atoms with E-state index in [4.69, 9.17) is 23.2 Å². The number of amides is 2. The first-order valence-corrected chi connectivity index (χ1v) is 13.6. The van der Waals surface area contributed by atoms with E-state index in [2.05, 4.69) is 20.7 Å². The van der Waals surface area contributed by atoms with Gasteiger partial charge in [-0.1, -0.05) is 42.5 Å². The van der Waals surface area contributed by atoms with Gasteiger partial charge in [-0.05, 0) is 61.9 Å². The van der Waals surface area contributed by atoms with Gasteiger partial charge < -0.3 is 10.6 Å². The predicted molar refractivity (Wildman–Crippen MR) is 142 cm³/mol. The van der Waals surface area contributed by atoms with Crippen molar-refractivity contribution < 1.29 is 9.59 Å². The van der Waals surface area contributed by atoms with Crippen molar-refractivity contribution in [3.05, 3.63) is 69.1 Å². The van der Waals surface area contributed by atoms with Crippen molar-refractivity contribution in [3.63, 3.8) is 0 Å². The molecule has 1 aliphatic rings. The molecule has 2 heterocycles. The van der Waals surface area contributed by atoms with Crippen molar-refractivity contribution >= 4 is 52.5 Å². The first-order valence-electron chi connectivity index (χ1n) is 11.5.